The van der Waals surface area contributed by atoms with Gasteiger partial charge in [0, 0.05) is 5.57 Å². The van der Waals surface area contributed by atoms with Crippen molar-refractivity contribution in [2.24, 2.45) is 5.92 Å². The molecule has 1 aromatic rings. The van der Waals surface area contributed by atoms with E-state index in [0.29, 0.717) is 24.3 Å². The molecule has 1 aromatic carbocycles. The van der Waals surface area contributed by atoms with Crippen molar-refractivity contribution in [1.82, 2.24) is 4.90 Å². The fourth-order valence-corrected chi connectivity index (χ4v) is 3.57. The molecule has 1 saturated heterocycles. The fourth-order valence-electron chi connectivity index (χ4n) is 3.57. The highest BCUT2D eigenvalue weighted by atomic mass is 16.6. The molecule has 0 radical (unpaired) electrons. The molecule has 1 heterocycles. The summed E-state index contributed by atoms with van der Waals surface area (Å²) < 4.78 is 5.12. The molecule has 1 aliphatic heterocycles. The van der Waals surface area contributed by atoms with Gasteiger partial charge >= 0.3 is 6.09 Å². The van der Waals surface area contributed by atoms with Gasteiger partial charge < -0.3 is 4.74 Å². The number of amides is 2. The Balaban J connectivity index is 1.66. The molecule has 0 bridgehead atoms. The van der Waals surface area contributed by atoms with E-state index in [0.717, 1.165) is 18.4 Å². The van der Waals surface area contributed by atoms with Crippen LogP contribution in [0.3, 0.4) is 0 Å². The van der Waals surface area contributed by atoms with Crippen LogP contribution >= 0.6 is 0 Å². The van der Waals surface area contributed by atoms with Gasteiger partial charge in [-0.1, -0.05) is 62.6 Å². The Morgan fingerprint density at radius 2 is 1.91 bits per heavy atom. The quantitative estimate of drug-likeness (QED) is 0.778. The standard InChI is InChI=1S/C19H23NO3/c1-14(11-15-9-5-6-10-15)18(21)20-17(13-23-19(20)22)12-16-7-3-2-4-8-16/h2-4,7-8,15,17H,1,5-6,9-13H2/t17-/m1/s1. The van der Waals surface area contributed by atoms with Gasteiger partial charge in [-0.25, -0.2) is 9.69 Å². The van der Waals surface area contributed by atoms with Gasteiger partial charge in [-0.2, -0.15) is 0 Å². The van der Waals surface area contributed by atoms with Gasteiger partial charge in [0.1, 0.15) is 6.61 Å². The Hall–Kier alpha value is -2.10. The van der Waals surface area contributed by atoms with Crippen LogP contribution in [0.2, 0.25) is 0 Å². The van der Waals surface area contributed by atoms with Crippen molar-refractivity contribution in [3.05, 3.63) is 48.0 Å². The van der Waals surface area contributed by atoms with E-state index in [4.69, 9.17) is 4.74 Å². The first kappa shape index (κ1) is 15.8. The number of imide groups is 1. The molecule has 2 aliphatic rings. The molecule has 0 unspecified atom stereocenters. The molecule has 0 spiro atoms. The van der Waals surface area contributed by atoms with Crippen LogP contribution in [0.25, 0.3) is 0 Å². The molecule has 4 heteroatoms. The molecule has 122 valence electrons. The fraction of sp³-hybridized carbons (Fsp3) is 0.474. The van der Waals surface area contributed by atoms with E-state index >= 15 is 0 Å². The number of hydrogen-bond donors (Lipinski definition) is 0. The predicted octanol–water partition coefficient (Wildman–Crippen LogP) is 3.71. The molecule has 0 N–H and O–H groups in total. The second-order valence-corrected chi connectivity index (χ2v) is 6.55. The summed E-state index contributed by atoms with van der Waals surface area (Å²) in [5.41, 5.74) is 1.63. The van der Waals surface area contributed by atoms with E-state index in [1.165, 1.54) is 17.7 Å². The highest BCUT2D eigenvalue weighted by molar-refractivity contribution is 6.03. The number of ether oxygens (including phenoxy) is 1. The third kappa shape index (κ3) is 3.63. The zero-order valence-corrected chi connectivity index (χ0v) is 13.4. The smallest absolute Gasteiger partial charge is 0.417 e. The van der Waals surface area contributed by atoms with Crippen LogP contribution in [0.1, 0.15) is 37.7 Å². The summed E-state index contributed by atoms with van der Waals surface area (Å²) in [6.45, 7) is 4.20. The van der Waals surface area contributed by atoms with Gasteiger partial charge in [0.15, 0.2) is 0 Å². The maximum Gasteiger partial charge on any atom is 0.417 e. The summed E-state index contributed by atoms with van der Waals surface area (Å²) in [6, 6.07) is 9.62. The van der Waals surface area contributed by atoms with Gasteiger partial charge in [0.2, 0.25) is 0 Å². The minimum Gasteiger partial charge on any atom is -0.447 e. The molecular formula is C19H23NO3. The van der Waals surface area contributed by atoms with Crippen molar-refractivity contribution in [2.45, 2.75) is 44.6 Å². The highest BCUT2D eigenvalue weighted by Crippen LogP contribution is 2.31. The summed E-state index contributed by atoms with van der Waals surface area (Å²) in [4.78, 5) is 25.9. The number of nitrogens with zero attached hydrogens (tertiary/aromatic N) is 1. The van der Waals surface area contributed by atoms with E-state index < -0.39 is 6.09 Å². The maximum atomic E-state index is 12.7. The van der Waals surface area contributed by atoms with Crippen LogP contribution in [0, 0.1) is 5.92 Å². The monoisotopic (exact) mass is 313 g/mol. The number of carbonyl (C=O) groups is 2. The highest BCUT2D eigenvalue weighted by Gasteiger charge is 2.39. The molecule has 1 aliphatic carbocycles. The topological polar surface area (TPSA) is 46.6 Å². The lowest BCUT2D eigenvalue weighted by atomic mass is 9.97. The van der Waals surface area contributed by atoms with Crippen LogP contribution in [-0.4, -0.2) is 29.5 Å². The summed E-state index contributed by atoms with van der Waals surface area (Å²) in [7, 11) is 0. The second kappa shape index (κ2) is 6.99. The number of rotatable bonds is 5. The lowest BCUT2D eigenvalue weighted by Gasteiger charge is -2.21. The Morgan fingerprint density at radius 1 is 1.22 bits per heavy atom. The van der Waals surface area contributed by atoms with Crippen molar-refractivity contribution in [2.75, 3.05) is 6.61 Å². The largest absolute Gasteiger partial charge is 0.447 e. The average molecular weight is 313 g/mol. The number of benzene rings is 1. The molecule has 2 fully saturated rings. The molecule has 1 atom stereocenters. The Morgan fingerprint density at radius 3 is 2.61 bits per heavy atom. The van der Waals surface area contributed by atoms with Gasteiger partial charge in [0.25, 0.3) is 5.91 Å². The Kier molecular flexibility index (Phi) is 4.79. The molecule has 1 saturated carbocycles. The number of hydrogen-bond acceptors (Lipinski definition) is 3. The lowest BCUT2D eigenvalue weighted by molar-refractivity contribution is -0.125. The summed E-state index contributed by atoms with van der Waals surface area (Å²) >= 11 is 0. The van der Waals surface area contributed by atoms with E-state index in [1.54, 1.807) is 0 Å². The minimum atomic E-state index is -0.538. The van der Waals surface area contributed by atoms with Crippen molar-refractivity contribution in [1.29, 1.82) is 0 Å². The zero-order valence-electron chi connectivity index (χ0n) is 13.4. The molecule has 0 aromatic heterocycles. The van der Waals surface area contributed by atoms with E-state index in [1.807, 2.05) is 30.3 Å². The third-order valence-corrected chi connectivity index (χ3v) is 4.81. The van der Waals surface area contributed by atoms with Crippen LogP contribution < -0.4 is 0 Å². The zero-order chi connectivity index (χ0) is 16.2. The molecule has 4 nitrogen and oxygen atoms in total. The van der Waals surface area contributed by atoms with Gasteiger partial charge in [-0.05, 0) is 24.3 Å². The Labute approximate surface area is 137 Å². The van der Waals surface area contributed by atoms with Gasteiger partial charge in [0.05, 0.1) is 6.04 Å². The second-order valence-electron chi connectivity index (χ2n) is 6.55. The van der Waals surface area contributed by atoms with Gasteiger partial charge in [-0.3, -0.25) is 4.79 Å². The predicted molar refractivity (Wildman–Crippen MR) is 87.8 cm³/mol. The van der Waals surface area contributed by atoms with E-state index in [-0.39, 0.29) is 18.6 Å². The van der Waals surface area contributed by atoms with Crippen LogP contribution in [0.4, 0.5) is 4.79 Å². The summed E-state index contributed by atoms with van der Waals surface area (Å²) in [5.74, 6) is 0.276. The van der Waals surface area contributed by atoms with Crippen LogP contribution in [-0.2, 0) is 16.0 Å². The van der Waals surface area contributed by atoms with Crippen LogP contribution in [0.5, 0.6) is 0 Å². The third-order valence-electron chi connectivity index (χ3n) is 4.81. The first-order valence-electron chi connectivity index (χ1n) is 8.37. The van der Waals surface area contributed by atoms with Crippen LogP contribution in [0.15, 0.2) is 42.5 Å². The van der Waals surface area contributed by atoms with E-state index in [2.05, 4.69) is 6.58 Å². The lowest BCUT2D eigenvalue weighted by Crippen LogP contribution is -2.41. The number of carbonyl (C=O) groups excluding carboxylic acids is 2. The van der Waals surface area contributed by atoms with Crippen molar-refractivity contribution >= 4 is 12.0 Å². The SMILES string of the molecule is C=C(CC1CCCC1)C(=O)N1C(=O)OC[C@H]1Cc1ccccc1. The first-order chi connectivity index (χ1) is 11.1. The summed E-state index contributed by atoms with van der Waals surface area (Å²) in [6.07, 6.45) is 5.55. The average Bonchev–Trinajstić information content (AvgIpc) is 3.18. The molecule has 23 heavy (non-hydrogen) atoms. The number of cyclic esters (lactones) is 1. The summed E-state index contributed by atoms with van der Waals surface area (Å²) in [5, 5.41) is 0. The van der Waals surface area contributed by atoms with Crippen molar-refractivity contribution in [3.8, 4) is 0 Å². The Bertz CT molecular complexity index is 590. The maximum absolute atomic E-state index is 12.7. The molecule has 3 rings (SSSR count). The first-order valence-corrected chi connectivity index (χ1v) is 8.37. The van der Waals surface area contributed by atoms with Crippen molar-refractivity contribution in [3.63, 3.8) is 0 Å². The minimum absolute atomic E-state index is 0.238. The molecule has 2 amide bonds. The van der Waals surface area contributed by atoms with E-state index in [9.17, 15) is 9.59 Å². The normalized spacial score (nSPS) is 21.5. The van der Waals surface area contributed by atoms with Gasteiger partial charge in [-0.15, -0.1) is 0 Å². The van der Waals surface area contributed by atoms with Crippen molar-refractivity contribution < 1.29 is 14.3 Å². The molecular weight excluding hydrogens is 290 g/mol.